The fourth-order valence-electron chi connectivity index (χ4n) is 3.58. The lowest BCUT2D eigenvalue weighted by Crippen LogP contribution is -2.55. The van der Waals surface area contributed by atoms with Crippen LogP contribution in [0.3, 0.4) is 0 Å². The molecule has 1 aromatic rings. The molecule has 3 rings (SSSR count). The molecule has 2 fully saturated rings. The maximum atomic E-state index is 4.23. The lowest BCUT2D eigenvalue weighted by Gasteiger charge is -2.48. The molecule has 0 spiro atoms. The molecule has 4 nitrogen and oxygen atoms in total. The molecule has 2 aliphatic rings. The first-order chi connectivity index (χ1) is 8.86. The van der Waals surface area contributed by atoms with Crippen LogP contribution >= 0.6 is 0 Å². The van der Waals surface area contributed by atoms with Crippen molar-refractivity contribution in [2.75, 3.05) is 7.05 Å². The molecule has 0 amide bonds. The Hall–Kier alpha value is -1.00. The van der Waals surface area contributed by atoms with E-state index in [1.165, 1.54) is 32.1 Å². The van der Waals surface area contributed by atoms with E-state index in [-0.39, 0.29) is 0 Å². The van der Waals surface area contributed by atoms with Gasteiger partial charge in [-0.15, -0.1) is 0 Å². The van der Waals surface area contributed by atoms with Gasteiger partial charge in [0.1, 0.15) is 0 Å². The second-order valence-electron chi connectivity index (χ2n) is 5.58. The number of aromatic nitrogens is 2. The van der Waals surface area contributed by atoms with Crippen LogP contribution in [0.1, 0.15) is 37.8 Å². The minimum Gasteiger partial charge on any atom is -0.317 e. The van der Waals surface area contributed by atoms with E-state index in [4.69, 9.17) is 0 Å². The topological polar surface area (TPSA) is 41.0 Å². The van der Waals surface area contributed by atoms with E-state index >= 15 is 0 Å². The van der Waals surface area contributed by atoms with E-state index in [0.717, 1.165) is 24.3 Å². The quantitative estimate of drug-likeness (QED) is 0.879. The second kappa shape index (κ2) is 5.33. The van der Waals surface area contributed by atoms with E-state index in [0.29, 0.717) is 6.04 Å². The number of nitrogens with one attached hydrogen (secondary N) is 1. The van der Waals surface area contributed by atoms with E-state index in [9.17, 15) is 0 Å². The molecular formula is C14H22N4. The van der Waals surface area contributed by atoms with Gasteiger partial charge in [0.25, 0.3) is 0 Å². The number of hydrogen-bond donors (Lipinski definition) is 1. The Morgan fingerprint density at radius 1 is 1.33 bits per heavy atom. The van der Waals surface area contributed by atoms with Gasteiger partial charge in [-0.2, -0.15) is 10.2 Å². The predicted molar refractivity (Wildman–Crippen MR) is 71.1 cm³/mol. The molecule has 2 saturated heterocycles. The van der Waals surface area contributed by atoms with Crippen molar-refractivity contribution in [1.29, 1.82) is 0 Å². The minimum absolute atomic E-state index is 0.707. The van der Waals surface area contributed by atoms with E-state index in [1.807, 2.05) is 6.07 Å². The summed E-state index contributed by atoms with van der Waals surface area (Å²) in [5.41, 5.74) is 1.11. The second-order valence-corrected chi connectivity index (χ2v) is 5.58. The van der Waals surface area contributed by atoms with Crippen molar-refractivity contribution in [1.82, 2.24) is 20.4 Å². The molecule has 18 heavy (non-hydrogen) atoms. The Kier molecular flexibility index (Phi) is 3.57. The standard InChI is InChI=1S/C14H22N4/c1-15-12-8-13-5-2-6-14(9-12)18(13)10-11-4-3-7-16-17-11/h3-4,7,12-15H,2,5-6,8-10H2,1H3. The normalized spacial score (nSPS) is 32.4. The van der Waals surface area contributed by atoms with Gasteiger partial charge in [0, 0.05) is 30.9 Å². The van der Waals surface area contributed by atoms with Crippen LogP contribution in [0.15, 0.2) is 18.3 Å². The summed E-state index contributed by atoms with van der Waals surface area (Å²) in [7, 11) is 2.10. The summed E-state index contributed by atoms with van der Waals surface area (Å²) in [6.45, 7) is 0.972. The summed E-state index contributed by atoms with van der Waals surface area (Å²) in [6.07, 6.45) is 8.39. The number of nitrogens with zero attached hydrogens (tertiary/aromatic N) is 3. The predicted octanol–water partition coefficient (Wildman–Crippen LogP) is 1.58. The number of fused-ring (bicyclic) bond motifs is 2. The van der Waals surface area contributed by atoms with Crippen molar-refractivity contribution < 1.29 is 0 Å². The van der Waals surface area contributed by atoms with Gasteiger partial charge in [-0.25, -0.2) is 0 Å². The average Bonchev–Trinajstić information content (AvgIpc) is 2.39. The highest BCUT2D eigenvalue weighted by molar-refractivity contribution is 5.03. The Bertz CT molecular complexity index is 367. The van der Waals surface area contributed by atoms with Gasteiger partial charge in [-0.1, -0.05) is 6.42 Å². The van der Waals surface area contributed by atoms with Gasteiger partial charge in [-0.05, 0) is 44.9 Å². The SMILES string of the molecule is CNC1CC2CCCC(C1)N2Cc1cccnn1. The third-order valence-corrected chi connectivity index (χ3v) is 4.51. The fourth-order valence-corrected chi connectivity index (χ4v) is 3.58. The van der Waals surface area contributed by atoms with Crippen LogP contribution in [0.25, 0.3) is 0 Å². The van der Waals surface area contributed by atoms with Gasteiger partial charge in [-0.3, -0.25) is 4.90 Å². The highest BCUT2D eigenvalue weighted by atomic mass is 15.2. The molecule has 0 aromatic carbocycles. The summed E-state index contributed by atoms with van der Waals surface area (Å²) in [4.78, 5) is 2.67. The van der Waals surface area contributed by atoms with Crippen LogP contribution in [-0.4, -0.2) is 40.3 Å². The Morgan fingerprint density at radius 3 is 2.72 bits per heavy atom. The highest BCUT2D eigenvalue weighted by Gasteiger charge is 2.37. The van der Waals surface area contributed by atoms with Crippen molar-refractivity contribution in [3.05, 3.63) is 24.0 Å². The van der Waals surface area contributed by atoms with E-state index in [2.05, 4.69) is 33.5 Å². The van der Waals surface area contributed by atoms with Crippen LogP contribution in [0.4, 0.5) is 0 Å². The summed E-state index contributed by atoms with van der Waals surface area (Å²) < 4.78 is 0. The van der Waals surface area contributed by atoms with Crippen LogP contribution in [0.5, 0.6) is 0 Å². The first-order valence-corrected chi connectivity index (χ1v) is 7.06. The van der Waals surface area contributed by atoms with Gasteiger partial charge >= 0.3 is 0 Å². The van der Waals surface area contributed by atoms with Gasteiger partial charge in [0.15, 0.2) is 0 Å². The molecule has 0 saturated carbocycles. The monoisotopic (exact) mass is 246 g/mol. The third-order valence-electron chi connectivity index (χ3n) is 4.51. The number of piperidine rings is 2. The first kappa shape index (κ1) is 12.1. The first-order valence-electron chi connectivity index (χ1n) is 7.06. The zero-order valence-electron chi connectivity index (χ0n) is 11.0. The molecule has 2 unspecified atom stereocenters. The van der Waals surface area contributed by atoms with Crippen molar-refractivity contribution in [3.63, 3.8) is 0 Å². The van der Waals surface area contributed by atoms with Gasteiger partial charge < -0.3 is 5.32 Å². The minimum atomic E-state index is 0.707. The molecule has 0 radical (unpaired) electrons. The van der Waals surface area contributed by atoms with Crippen LogP contribution in [0.2, 0.25) is 0 Å². The van der Waals surface area contributed by atoms with Crippen molar-refractivity contribution >= 4 is 0 Å². The van der Waals surface area contributed by atoms with Crippen LogP contribution in [-0.2, 0) is 6.54 Å². The molecule has 1 N–H and O–H groups in total. The summed E-state index contributed by atoms with van der Waals surface area (Å²) >= 11 is 0. The van der Waals surface area contributed by atoms with E-state index < -0.39 is 0 Å². The molecule has 0 aliphatic carbocycles. The Morgan fingerprint density at radius 2 is 2.11 bits per heavy atom. The van der Waals surface area contributed by atoms with Crippen molar-refractivity contribution in [2.24, 2.45) is 0 Å². The summed E-state index contributed by atoms with van der Waals surface area (Å²) in [5.74, 6) is 0. The largest absolute Gasteiger partial charge is 0.317 e. The maximum absolute atomic E-state index is 4.23. The zero-order valence-corrected chi connectivity index (χ0v) is 11.0. The summed E-state index contributed by atoms with van der Waals surface area (Å²) in [6, 6.07) is 6.25. The molecule has 2 atom stereocenters. The average molecular weight is 246 g/mol. The third kappa shape index (κ3) is 2.40. The number of rotatable bonds is 3. The molecule has 2 bridgehead atoms. The lowest BCUT2D eigenvalue weighted by molar-refractivity contribution is 0.0179. The maximum Gasteiger partial charge on any atom is 0.0771 e. The lowest BCUT2D eigenvalue weighted by atomic mass is 9.81. The van der Waals surface area contributed by atoms with Crippen molar-refractivity contribution in [3.8, 4) is 0 Å². The smallest absolute Gasteiger partial charge is 0.0771 e. The van der Waals surface area contributed by atoms with Gasteiger partial charge in [0.2, 0.25) is 0 Å². The Balaban J connectivity index is 1.72. The zero-order chi connectivity index (χ0) is 12.4. The fraction of sp³-hybridized carbons (Fsp3) is 0.714. The molecule has 4 heteroatoms. The van der Waals surface area contributed by atoms with Crippen molar-refractivity contribution in [2.45, 2.75) is 56.8 Å². The van der Waals surface area contributed by atoms with Crippen LogP contribution < -0.4 is 5.32 Å². The molecule has 98 valence electrons. The number of hydrogen-bond acceptors (Lipinski definition) is 4. The van der Waals surface area contributed by atoms with Gasteiger partial charge in [0.05, 0.1) is 5.69 Å². The van der Waals surface area contributed by atoms with Crippen LogP contribution in [0, 0.1) is 0 Å². The molecule has 1 aromatic heterocycles. The molecular weight excluding hydrogens is 224 g/mol. The molecule has 3 heterocycles. The molecule has 2 aliphatic heterocycles. The van der Waals surface area contributed by atoms with E-state index in [1.54, 1.807) is 6.20 Å². The summed E-state index contributed by atoms with van der Waals surface area (Å²) in [5, 5.41) is 11.7. The highest BCUT2D eigenvalue weighted by Crippen LogP contribution is 2.34. The Labute approximate surface area is 109 Å².